The predicted octanol–water partition coefficient (Wildman–Crippen LogP) is 5.59. The van der Waals surface area contributed by atoms with Gasteiger partial charge in [-0.25, -0.2) is 0 Å². The number of aryl methyl sites for hydroxylation is 1. The lowest BCUT2D eigenvalue weighted by atomic mass is 9.97. The van der Waals surface area contributed by atoms with Gasteiger partial charge in [0.2, 0.25) is 0 Å². The molecule has 0 radical (unpaired) electrons. The van der Waals surface area contributed by atoms with Gasteiger partial charge in [0.05, 0.1) is 23.5 Å². The van der Waals surface area contributed by atoms with Gasteiger partial charge in [-0.1, -0.05) is 50.1 Å². The molecule has 0 fully saturated rings. The summed E-state index contributed by atoms with van der Waals surface area (Å²) in [4.78, 5) is 13.6. The third-order valence-electron chi connectivity index (χ3n) is 6.00. The second-order valence-corrected chi connectivity index (χ2v) is 8.59. The Morgan fingerprint density at radius 1 is 0.971 bits per heavy atom. The third kappa shape index (κ3) is 5.19. The molecule has 0 aliphatic rings. The standard InChI is InChI=1S/C28H30N2O5/c1-2-3-5-10-23-26(27(32)18-13-20(29)28(33)21(30)14-18)19-15-22(31)25(16-24(19)35-23)34-12-11-17-8-6-4-7-9-17/h4,6-9,13-16,31,33H,2-3,5,10-12,29-30H2,1H3. The van der Waals surface area contributed by atoms with Crippen LogP contribution in [0.5, 0.6) is 17.2 Å². The van der Waals surface area contributed by atoms with Crippen molar-refractivity contribution in [3.8, 4) is 17.2 Å². The number of phenols is 2. The summed E-state index contributed by atoms with van der Waals surface area (Å²) in [6.07, 6.45) is 4.12. The maximum atomic E-state index is 13.6. The summed E-state index contributed by atoms with van der Waals surface area (Å²) in [6.45, 7) is 2.48. The van der Waals surface area contributed by atoms with Crippen molar-refractivity contribution in [3.05, 3.63) is 77.0 Å². The molecule has 4 rings (SSSR count). The van der Waals surface area contributed by atoms with Gasteiger partial charge in [-0.15, -0.1) is 0 Å². The van der Waals surface area contributed by atoms with E-state index in [2.05, 4.69) is 6.92 Å². The number of unbranched alkanes of at least 4 members (excludes halogenated alkanes) is 2. The molecule has 0 atom stereocenters. The summed E-state index contributed by atoms with van der Waals surface area (Å²) in [5, 5.41) is 21.1. The molecule has 0 saturated carbocycles. The van der Waals surface area contributed by atoms with E-state index < -0.39 is 0 Å². The quantitative estimate of drug-likeness (QED) is 0.102. The van der Waals surface area contributed by atoms with Gasteiger partial charge >= 0.3 is 0 Å². The van der Waals surface area contributed by atoms with Gasteiger partial charge in [0, 0.05) is 29.9 Å². The van der Waals surface area contributed by atoms with Gasteiger partial charge in [0.15, 0.2) is 23.0 Å². The van der Waals surface area contributed by atoms with E-state index in [0.29, 0.717) is 47.5 Å². The molecule has 0 bridgehead atoms. The number of carbonyl (C=O) groups is 1. The largest absolute Gasteiger partial charge is 0.504 e. The van der Waals surface area contributed by atoms with Crippen molar-refractivity contribution in [1.82, 2.24) is 0 Å². The van der Waals surface area contributed by atoms with Gasteiger partial charge in [0.25, 0.3) is 0 Å². The highest BCUT2D eigenvalue weighted by atomic mass is 16.5. The first-order chi connectivity index (χ1) is 16.9. The Morgan fingerprint density at radius 3 is 2.37 bits per heavy atom. The molecule has 0 amide bonds. The smallest absolute Gasteiger partial charge is 0.197 e. The lowest BCUT2D eigenvalue weighted by Crippen LogP contribution is -2.06. The average molecular weight is 475 g/mol. The van der Waals surface area contributed by atoms with Gasteiger partial charge < -0.3 is 30.8 Å². The van der Waals surface area contributed by atoms with Crippen molar-refractivity contribution in [1.29, 1.82) is 0 Å². The molecule has 0 unspecified atom stereocenters. The van der Waals surface area contributed by atoms with Gasteiger partial charge in [-0.2, -0.15) is 0 Å². The van der Waals surface area contributed by atoms with Crippen molar-refractivity contribution < 1.29 is 24.2 Å². The van der Waals surface area contributed by atoms with Crippen molar-refractivity contribution in [3.63, 3.8) is 0 Å². The molecular weight excluding hydrogens is 444 g/mol. The number of fused-ring (bicyclic) bond motifs is 1. The lowest BCUT2D eigenvalue weighted by Gasteiger charge is -2.09. The highest BCUT2D eigenvalue weighted by molar-refractivity contribution is 6.18. The molecule has 7 nitrogen and oxygen atoms in total. The highest BCUT2D eigenvalue weighted by Gasteiger charge is 2.24. The molecule has 0 saturated heterocycles. The molecular formula is C28H30N2O5. The van der Waals surface area contributed by atoms with E-state index in [4.69, 9.17) is 20.6 Å². The lowest BCUT2D eigenvalue weighted by molar-refractivity contribution is 0.103. The van der Waals surface area contributed by atoms with Crippen molar-refractivity contribution in [2.75, 3.05) is 18.1 Å². The first-order valence-electron chi connectivity index (χ1n) is 11.8. The highest BCUT2D eigenvalue weighted by Crippen LogP contribution is 2.38. The molecule has 182 valence electrons. The Kier molecular flexibility index (Phi) is 7.15. The summed E-state index contributed by atoms with van der Waals surface area (Å²) in [5.41, 5.74) is 13.9. The molecule has 0 aliphatic carbocycles. The van der Waals surface area contributed by atoms with Crippen LogP contribution in [0.4, 0.5) is 11.4 Å². The summed E-state index contributed by atoms with van der Waals surface area (Å²) in [5.74, 6) is 0.150. The Balaban J connectivity index is 1.69. The van der Waals surface area contributed by atoms with Gasteiger partial charge in [0.1, 0.15) is 11.3 Å². The summed E-state index contributed by atoms with van der Waals surface area (Å²) < 4.78 is 11.9. The Hall–Kier alpha value is -4.13. The van der Waals surface area contributed by atoms with Crippen LogP contribution in [0.15, 0.2) is 59.0 Å². The fourth-order valence-electron chi connectivity index (χ4n) is 4.12. The number of nitrogen functional groups attached to an aromatic ring is 2. The first-order valence-corrected chi connectivity index (χ1v) is 11.8. The Labute approximate surface area is 203 Å². The van der Waals surface area contributed by atoms with E-state index in [0.717, 1.165) is 24.8 Å². The number of ether oxygens (including phenoxy) is 1. The molecule has 6 N–H and O–H groups in total. The number of anilines is 2. The van der Waals surface area contributed by atoms with Crippen LogP contribution in [0, 0.1) is 0 Å². The van der Waals surface area contributed by atoms with E-state index in [9.17, 15) is 15.0 Å². The molecule has 0 spiro atoms. The number of nitrogens with two attached hydrogens (primary N) is 2. The number of phenolic OH excluding ortho intramolecular Hbond substituents is 2. The summed E-state index contributed by atoms with van der Waals surface area (Å²) in [7, 11) is 0. The fraction of sp³-hybridized carbons (Fsp3) is 0.250. The summed E-state index contributed by atoms with van der Waals surface area (Å²) in [6, 6.07) is 15.8. The normalized spacial score (nSPS) is 11.1. The predicted molar refractivity (Wildman–Crippen MR) is 137 cm³/mol. The number of hydrogen-bond donors (Lipinski definition) is 4. The Morgan fingerprint density at radius 2 is 1.69 bits per heavy atom. The van der Waals surface area contributed by atoms with Gasteiger partial charge in [-0.05, 0) is 30.2 Å². The van der Waals surface area contributed by atoms with Crippen molar-refractivity contribution in [2.24, 2.45) is 0 Å². The minimum atomic E-state index is -0.342. The second-order valence-electron chi connectivity index (χ2n) is 8.59. The van der Waals surface area contributed by atoms with Crippen LogP contribution in [-0.4, -0.2) is 22.6 Å². The van der Waals surface area contributed by atoms with Crippen LogP contribution in [-0.2, 0) is 12.8 Å². The van der Waals surface area contributed by atoms with Crippen LogP contribution in [0.1, 0.15) is 53.4 Å². The van der Waals surface area contributed by atoms with Crippen molar-refractivity contribution in [2.45, 2.75) is 39.0 Å². The van der Waals surface area contributed by atoms with E-state index in [1.807, 2.05) is 30.3 Å². The van der Waals surface area contributed by atoms with Crippen LogP contribution in [0.2, 0.25) is 0 Å². The topological polar surface area (TPSA) is 132 Å². The third-order valence-corrected chi connectivity index (χ3v) is 6.00. The summed E-state index contributed by atoms with van der Waals surface area (Å²) >= 11 is 0. The van der Waals surface area contributed by atoms with Crippen molar-refractivity contribution >= 4 is 28.1 Å². The molecule has 3 aromatic carbocycles. The SMILES string of the molecule is CCCCCc1oc2cc(OCCc3ccccc3)c(O)cc2c1C(=O)c1cc(N)c(O)c(N)c1. The number of carbonyl (C=O) groups excluding carboxylic acids is 1. The molecule has 4 aromatic rings. The van der Waals surface area contributed by atoms with Crippen LogP contribution >= 0.6 is 0 Å². The second kappa shape index (κ2) is 10.4. The number of ketones is 1. The maximum Gasteiger partial charge on any atom is 0.197 e. The molecule has 1 heterocycles. The van der Waals surface area contributed by atoms with E-state index in [1.165, 1.54) is 18.2 Å². The van der Waals surface area contributed by atoms with E-state index in [1.54, 1.807) is 6.07 Å². The molecule has 0 aliphatic heterocycles. The van der Waals surface area contributed by atoms with Crippen LogP contribution in [0.25, 0.3) is 11.0 Å². The number of aromatic hydroxyl groups is 2. The van der Waals surface area contributed by atoms with Crippen LogP contribution in [0.3, 0.4) is 0 Å². The van der Waals surface area contributed by atoms with Gasteiger partial charge in [-0.3, -0.25) is 4.79 Å². The number of benzene rings is 3. The minimum Gasteiger partial charge on any atom is -0.504 e. The number of furan rings is 1. The number of rotatable bonds is 10. The monoisotopic (exact) mass is 474 g/mol. The number of hydrogen-bond acceptors (Lipinski definition) is 7. The molecule has 35 heavy (non-hydrogen) atoms. The average Bonchev–Trinajstić information content (AvgIpc) is 3.19. The minimum absolute atomic E-state index is 0.0191. The fourth-order valence-corrected chi connectivity index (χ4v) is 4.12. The van der Waals surface area contributed by atoms with E-state index in [-0.39, 0.29) is 34.2 Å². The Bertz CT molecular complexity index is 1320. The zero-order chi connectivity index (χ0) is 24.9. The molecule has 1 aromatic heterocycles. The zero-order valence-electron chi connectivity index (χ0n) is 19.7. The van der Waals surface area contributed by atoms with E-state index >= 15 is 0 Å². The van der Waals surface area contributed by atoms with Crippen LogP contribution < -0.4 is 16.2 Å². The molecule has 7 heteroatoms. The maximum absolute atomic E-state index is 13.6. The first kappa shape index (κ1) is 24.0. The zero-order valence-corrected chi connectivity index (χ0v) is 19.7.